The van der Waals surface area contributed by atoms with Crippen molar-refractivity contribution >= 4 is 29.3 Å². The Morgan fingerprint density at radius 1 is 1.32 bits per heavy atom. The normalized spacial score (nSPS) is 22.8. The fourth-order valence-corrected chi connectivity index (χ4v) is 4.66. The molecule has 1 aromatic carbocycles. The number of carbonyl (C=O) groups is 1. The van der Waals surface area contributed by atoms with Gasteiger partial charge in [0.1, 0.15) is 0 Å². The first-order valence-corrected chi connectivity index (χ1v) is 9.27. The second kappa shape index (κ2) is 7.79. The van der Waals surface area contributed by atoms with Crippen molar-refractivity contribution < 1.29 is 9.53 Å². The zero-order valence-corrected chi connectivity index (χ0v) is 15.6. The Balaban J connectivity index is 0.00000182. The summed E-state index contributed by atoms with van der Waals surface area (Å²) in [7, 11) is 0. The average molecular weight is 363 g/mol. The van der Waals surface area contributed by atoms with Gasteiger partial charge in [-0.2, -0.15) is 0 Å². The van der Waals surface area contributed by atoms with Gasteiger partial charge in [-0.05, 0) is 56.7 Å². The summed E-state index contributed by atoms with van der Waals surface area (Å²) >= 11 is 0. The van der Waals surface area contributed by atoms with Crippen LogP contribution in [0, 0.1) is 5.92 Å². The third kappa shape index (κ3) is 3.42. The van der Waals surface area contributed by atoms with Crippen molar-refractivity contribution in [2.75, 3.05) is 19.7 Å². The highest BCUT2D eigenvalue weighted by Gasteiger charge is 2.38. The minimum Gasteiger partial charge on any atom is -0.466 e. The van der Waals surface area contributed by atoms with Gasteiger partial charge < -0.3 is 9.72 Å². The van der Waals surface area contributed by atoms with Gasteiger partial charge >= 0.3 is 5.97 Å². The Morgan fingerprint density at radius 2 is 2.16 bits per heavy atom. The lowest BCUT2D eigenvalue weighted by atomic mass is 9.80. The monoisotopic (exact) mass is 362 g/mol. The van der Waals surface area contributed by atoms with Crippen molar-refractivity contribution in [3.8, 4) is 0 Å². The summed E-state index contributed by atoms with van der Waals surface area (Å²) in [5.74, 6) is 0.484. The number of aromatic nitrogens is 1. The van der Waals surface area contributed by atoms with Crippen molar-refractivity contribution in [3.05, 3.63) is 35.5 Å². The van der Waals surface area contributed by atoms with E-state index in [9.17, 15) is 4.79 Å². The van der Waals surface area contributed by atoms with Crippen LogP contribution in [0.4, 0.5) is 0 Å². The van der Waals surface area contributed by atoms with Crippen LogP contribution in [0.1, 0.15) is 49.9 Å². The molecular weight excluding hydrogens is 336 g/mol. The number of hydrogen-bond acceptors (Lipinski definition) is 3. The number of ether oxygens (including phenoxy) is 1. The number of carbonyl (C=O) groups excluding carboxylic acids is 1. The summed E-state index contributed by atoms with van der Waals surface area (Å²) in [5, 5.41) is 1.38. The number of nitrogens with zero attached hydrogens (tertiary/aromatic N) is 1. The molecule has 1 aromatic heterocycles. The third-order valence-corrected chi connectivity index (χ3v) is 5.68. The van der Waals surface area contributed by atoms with Crippen LogP contribution < -0.4 is 0 Å². The standard InChI is InChI=1S/C20H26N2O2.ClH/c1-2-24-18(23)10-9-14-6-5-12-22-13-11-16-15-7-3-4-8-17(15)21-19(16)20(14)22;/h3-4,7-8,14,20-21H,2,5-6,9-13H2,1H3;1H. The molecule has 5 heteroatoms. The van der Waals surface area contributed by atoms with Crippen LogP contribution in [-0.2, 0) is 16.0 Å². The highest BCUT2D eigenvalue weighted by molar-refractivity contribution is 5.85. The van der Waals surface area contributed by atoms with Gasteiger partial charge in [0.25, 0.3) is 0 Å². The predicted octanol–water partition coefficient (Wildman–Crippen LogP) is 4.24. The summed E-state index contributed by atoms with van der Waals surface area (Å²) in [6.07, 6.45) is 5.03. The zero-order valence-electron chi connectivity index (χ0n) is 14.8. The number of aromatic amines is 1. The van der Waals surface area contributed by atoms with Gasteiger partial charge in [-0.1, -0.05) is 18.2 Å². The molecule has 136 valence electrons. The van der Waals surface area contributed by atoms with Gasteiger partial charge in [-0.25, -0.2) is 0 Å². The van der Waals surface area contributed by atoms with Gasteiger partial charge in [0.2, 0.25) is 0 Å². The summed E-state index contributed by atoms with van der Waals surface area (Å²) in [5.41, 5.74) is 4.14. The van der Waals surface area contributed by atoms with Crippen molar-refractivity contribution in [1.82, 2.24) is 9.88 Å². The molecule has 1 N–H and O–H groups in total. The second-order valence-corrected chi connectivity index (χ2v) is 7.04. The molecule has 1 saturated heterocycles. The number of nitrogens with one attached hydrogen (secondary N) is 1. The van der Waals surface area contributed by atoms with E-state index in [1.165, 1.54) is 41.5 Å². The van der Waals surface area contributed by atoms with E-state index in [2.05, 4.69) is 34.1 Å². The molecule has 2 atom stereocenters. The first-order chi connectivity index (χ1) is 11.8. The van der Waals surface area contributed by atoms with Gasteiger partial charge in [0, 0.05) is 29.6 Å². The Morgan fingerprint density at radius 3 is 3.00 bits per heavy atom. The fraction of sp³-hybridized carbons (Fsp3) is 0.550. The molecule has 25 heavy (non-hydrogen) atoms. The van der Waals surface area contributed by atoms with Crippen LogP contribution in [0.2, 0.25) is 0 Å². The van der Waals surface area contributed by atoms with E-state index in [1.807, 2.05) is 6.92 Å². The Kier molecular flexibility index (Phi) is 5.70. The molecule has 2 unspecified atom stereocenters. The topological polar surface area (TPSA) is 45.3 Å². The van der Waals surface area contributed by atoms with Crippen LogP contribution in [0.3, 0.4) is 0 Å². The summed E-state index contributed by atoms with van der Waals surface area (Å²) in [4.78, 5) is 18.1. The molecule has 2 aliphatic heterocycles. The number of H-pyrrole nitrogens is 1. The number of benzene rings is 1. The number of piperidine rings is 1. The lowest BCUT2D eigenvalue weighted by molar-refractivity contribution is -0.143. The van der Waals surface area contributed by atoms with Crippen LogP contribution in [0.5, 0.6) is 0 Å². The lowest BCUT2D eigenvalue weighted by Gasteiger charge is -2.44. The molecule has 0 aliphatic carbocycles. The maximum Gasteiger partial charge on any atom is 0.305 e. The van der Waals surface area contributed by atoms with Gasteiger partial charge in [-0.15, -0.1) is 12.4 Å². The molecular formula is C20H27ClN2O2. The summed E-state index contributed by atoms with van der Waals surface area (Å²) in [6, 6.07) is 9.07. The first kappa shape index (κ1) is 18.3. The van der Waals surface area contributed by atoms with Crippen molar-refractivity contribution in [2.24, 2.45) is 5.92 Å². The minimum atomic E-state index is -0.0534. The molecule has 1 fully saturated rings. The largest absolute Gasteiger partial charge is 0.466 e. The van der Waals surface area contributed by atoms with Crippen molar-refractivity contribution in [1.29, 1.82) is 0 Å². The molecule has 0 saturated carbocycles. The van der Waals surface area contributed by atoms with Crippen molar-refractivity contribution in [2.45, 2.75) is 45.1 Å². The molecule has 2 aliphatic rings. The molecule has 3 heterocycles. The van der Waals surface area contributed by atoms with E-state index in [-0.39, 0.29) is 18.4 Å². The maximum atomic E-state index is 11.8. The highest BCUT2D eigenvalue weighted by atomic mass is 35.5. The minimum absolute atomic E-state index is 0. The van der Waals surface area contributed by atoms with Gasteiger partial charge in [0.15, 0.2) is 0 Å². The van der Waals surface area contributed by atoms with E-state index in [4.69, 9.17) is 4.74 Å². The van der Waals surface area contributed by atoms with Gasteiger partial charge in [-0.3, -0.25) is 9.69 Å². The van der Waals surface area contributed by atoms with Crippen LogP contribution >= 0.6 is 12.4 Å². The van der Waals surface area contributed by atoms with Crippen LogP contribution in [0.25, 0.3) is 10.9 Å². The highest BCUT2D eigenvalue weighted by Crippen LogP contribution is 2.44. The molecule has 0 amide bonds. The number of esters is 1. The zero-order chi connectivity index (χ0) is 16.5. The summed E-state index contributed by atoms with van der Waals surface area (Å²) in [6.45, 7) is 4.66. The second-order valence-electron chi connectivity index (χ2n) is 7.04. The number of rotatable bonds is 4. The first-order valence-electron chi connectivity index (χ1n) is 9.27. The van der Waals surface area contributed by atoms with E-state index in [1.54, 1.807) is 0 Å². The number of halogens is 1. The fourth-order valence-electron chi connectivity index (χ4n) is 4.66. The molecule has 0 radical (unpaired) electrons. The Hall–Kier alpha value is -1.52. The van der Waals surface area contributed by atoms with E-state index >= 15 is 0 Å². The maximum absolute atomic E-state index is 11.8. The SMILES string of the molecule is CCOC(=O)CCC1CCCN2CCc3c([nH]c4ccccc34)C12.Cl. The Bertz CT molecular complexity index is 742. The van der Waals surface area contributed by atoms with Crippen LogP contribution in [0.15, 0.2) is 24.3 Å². The molecule has 2 aromatic rings. The quantitative estimate of drug-likeness (QED) is 0.827. The van der Waals surface area contributed by atoms with Gasteiger partial charge in [0.05, 0.1) is 12.6 Å². The lowest BCUT2D eigenvalue weighted by Crippen LogP contribution is -2.43. The average Bonchev–Trinajstić information content (AvgIpc) is 2.99. The van der Waals surface area contributed by atoms with Crippen LogP contribution in [-0.4, -0.2) is 35.5 Å². The molecule has 0 spiro atoms. The molecule has 4 nitrogen and oxygen atoms in total. The van der Waals surface area contributed by atoms with E-state index < -0.39 is 0 Å². The Labute approximate surface area is 155 Å². The predicted molar refractivity (Wildman–Crippen MR) is 102 cm³/mol. The molecule has 4 rings (SSSR count). The van der Waals surface area contributed by atoms with E-state index in [0.717, 1.165) is 19.4 Å². The van der Waals surface area contributed by atoms with E-state index in [0.29, 0.717) is 25.0 Å². The molecule has 0 bridgehead atoms. The number of fused-ring (bicyclic) bond motifs is 5. The third-order valence-electron chi connectivity index (χ3n) is 5.68. The van der Waals surface area contributed by atoms with Crippen molar-refractivity contribution in [3.63, 3.8) is 0 Å². The number of para-hydroxylation sites is 1. The smallest absolute Gasteiger partial charge is 0.305 e. The number of hydrogen-bond donors (Lipinski definition) is 1. The summed E-state index contributed by atoms with van der Waals surface area (Å²) < 4.78 is 5.13.